The second kappa shape index (κ2) is 6.42. The van der Waals surface area contributed by atoms with Crippen molar-refractivity contribution in [2.24, 2.45) is 0 Å². The molecule has 0 spiro atoms. The van der Waals surface area contributed by atoms with Gasteiger partial charge < -0.3 is 15.0 Å². The number of halogens is 1. The van der Waals surface area contributed by atoms with E-state index in [1.54, 1.807) is 30.1 Å². The van der Waals surface area contributed by atoms with Gasteiger partial charge in [0.15, 0.2) is 0 Å². The number of carbonyl (C=O) groups is 1. The van der Waals surface area contributed by atoms with Crippen molar-refractivity contribution >= 4 is 16.8 Å². The molecule has 2 aliphatic rings. The van der Waals surface area contributed by atoms with E-state index in [-0.39, 0.29) is 23.8 Å². The van der Waals surface area contributed by atoms with Crippen molar-refractivity contribution in [2.45, 2.75) is 43.9 Å². The highest BCUT2D eigenvalue weighted by Gasteiger charge is 2.42. The lowest BCUT2D eigenvalue weighted by Gasteiger charge is -2.31. The molecule has 2 N–H and O–H groups in total. The van der Waals surface area contributed by atoms with Crippen LogP contribution in [0.4, 0.5) is 4.39 Å². The van der Waals surface area contributed by atoms with E-state index in [9.17, 15) is 14.3 Å². The van der Waals surface area contributed by atoms with Crippen LogP contribution in [0.1, 0.15) is 36.2 Å². The van der Waals surface area contributed by atoms with Crippen LogP contribution in [-0.2, 0) is 0 Å². The van der Waals surface area contributed by atoms with Crippen LogP contribution in [0.2, 0.25) is 0 Å². The molecule has 1 amide bonds. The van der Waals surface area contributed by atoms with Crippen molar-refractivity contribution in [1.29, 1.82) is 0 Å². The predicted molar refractivity (Wildman–Crippen MR) is 94.0 cm³/mol. The zero-order valence-corrected chi connectivity index (χ0v) is 14.4. The van der Waals surface area contributed by atoms with Gasteiger partial charge in [-0.25, -0.2) is 4.39 Å². The number of amides is 1. The average molecular weight is 345 g/mol. The second-order valence-corrected chi connectivity index (χ2v) is 7.25. The number of rotatable bonds is 3. The third-order valence-corrected chi connectivity index (χ3v) is 5.81. The van der Waals surface area contributed by atoms with Crippen LogP contribution in [0.5, 0.6) is 0 Å². The summed E-state index contributed by atoms with van der Waals surface area (Å²) in [6, 6.07) is 6.40. The fraction of sp³-hybridized carbons (Fsp3) is 0.526. The average Bonchev–Trinajstić information content (AvgIpc) is 3.32. The summed E-state index contributed by atoms with van der Waals surface area (Å²) < 4.78 is 13.8. The Morgan fingerprint density at radius 2 is 2.08 bits per heavy atom. The van der Waals surface area contributed by atoms with Crippen molar-refractivity contribution < 1.29 is 14.3 Å². The Kier molecular flexibility index (Phi) is 4.25. The molecule has 4 rings (SSSR count). The number of likely N-dealkylation sites (N-methyl/N-ethyl adjacent to an activating group) is 1. The lowest BCUT2D eigenvalue weighted by Crippen LogP contribution is -2.48. The molecule has 1 saturated carbocycles. The molecule has 0 bridgehead atoms. The van der Waals surface area contributed by atoms with Crippen LogP contribution in [0.15, 0.2) is 24.3 Å². The number of para-hydroxylation sites is 1. The van der Waals surface area contributed by atoms with Gasteiger partial charge in [0.05, 0.1) is 17.7 Å². The molecule has 0 radical (unpaired) electrons. The van der Waals surface area contributed by atoms with Crippen LogP contribution in [-0.4, -0.2) is 64.1 Å². The van der Waals surface area contributed by atoms with Crippen molar-refractivity contribution in [3.63, 3.8) is 0 Å². The first kappa shape index (κ1) is 16.5. The summed E-state index contributed by atoms with van der Waals surface area (Å²) in [4.78, 5) is 19.7. The molecule has 0 unspecified atom stereocenters. The molecule has 1 aromatic carbocycles. The molecule has 2 fully saturated rings. The summed E-state index contributed by atoms with van der Waals surface area (Å²) in [5, 5.41) is 11.4. The number of likely N-dealkylation sites (tertiary alicyclic amines) is 1. The monoisotopic (exact) mass is 345 g/mol. The third-order valence-electron chi connectivity index (χ3n) is 5.81. The summed E-state index contributed by atoms with van der Waals surface area (Å²) in [5.41, 5.74) is 0.709. The molecular weight excluding hydrogens is 321 g/mol. The smallest absolute Gasteiger partial charge is 0.270 e. The van der Waals surface area contributed by atoms with Crippen LogP contribution < -0.4 is 0 Å². The second-order valence-electron chi connectivity index (χ2n) is 7.25. The van der Waals surface area contributed by atoms with Crippen LogP contribution >= 0.6 is 0 Å². The number of benzene rings is 1. The van der Waals surface area contributed by atoms with Gasteiger partial charge in [-0.3, -0.25) is 9.69 Å². The SMILES string of the molecule is CN(C(=O)c1cc2cccc(F)c2[nH]1)[C@@H]1CC[C@@H](N2CCCC2)[C@@H]1O. The molecular formula is C19H24FN3O2. The molecule has 2 heterocycles. The van der Waals surface area contributed by atoms with Gasteiger partial charge in [-0.2, -0.15) is 0 Å². The van der Waals surface area contributed by atoms with Crippen molar-refractivity contribution in [3.8, 4) is 0 Å². The van der Waals surface area contributed by atoms with Crippen molar-refractivity contribution in [3.05, 3.63) is 35.8 Å². The number of aliphatic hydroxyl groups excluding tert-OH is 1. The summed E-state index contributed by atoms with van der Waals surface area (Å²) >= 11 is 0. The maximum Gasteiger partial charge on any atom is 0.270 e. The molecule has 2 aromatic rings. The van der Waals surface area contributed by atoms with Gasteiger partial charge >= 0.3 is 0 Å². The molecule has 134 valence electrons. The Balaban J connectivity index is 1.52. The minimum atomic E-state index is -0.534. The quantitative estimate of drug-likeness (QED) is 0.898. The number of hydrogen-bond donors (Lipinski definition) is 2. The highest BCUT2D eigenvalue weighted by molar-refractivity contribution is 5.98. The minimum Gasteiger partial charge on any atom is -0.389 e. The fourth-order valence-corrected chi connectivity index (χ4v) is 4.41. The van der Waals surface area contributed by atoms with E-state index in [1.165, 1.54) is 18.9 Å². The molecule has 6 heteroatoms. The van der Waals surface area contributed by atoms with Gasteiger partial charge in [0, 0.05) is 18.5 Å². The Morgan fingerprint density at radius 1 is 1.32 bits per heavy atom. The number of hydrogen-bond acceptors (Lipinski definition) is 3. The first-order valence-corrected chi connectivity index (χ1v) is 9.03. The fourth-order valence-electron chi connectivity index (χ4n) is 4.41. The zero-order valence-electron chi connectivity index (χ0n) is 14.4. The number of H-pyrrole nitrogens is 1. The van der Waals surface area contributed by atoms with Crippen molar-refractivity contribution in [2.75, 3.05) is 20.1 Å². The first-order chi connectivity index (χ1) is 12.1. The van der Waals surface area contributed by atoms with Gasteiger partial charge in [-0.05, 0) is 50.9 Å². The lowest BCUT2D eigenvalue weighted by atomic mass is 10.1. The highest BCUT2D eigenvalue weighted by Crippen LogP contribution is 2.31. The maximum atomic E-state index is 13.8. The largest absolute Gasteiger partial charge is 0.389 e. The zero-order chi connectivity index (χ0) is 17.6. The topological polar surface area (TPSA) is 59.6 Å². The molecule has 25 heavy (non-hydrogen) atoms. The molecule has 1 aromatic heterocycles. The number of carbonyl (C=O) groups excluding carboxylic acids is 1. The minimum absolute atomic E-state index is 0.142. The van der Waals surface area contributed by atoms with Crippen LogP contribution in [0.25, 0.3) is 10.9 Å². The number of fused-ring (bicyclic) bond motifs is 1. The third kappa shape index (κ3) is 2.83. The number of nitrogens with one attached hydrogen (secondary N) is 1. The normalized spacial score (nSPS) is 27.2. The number of nitrogens with zero attached hydrogens (tertiary/aromatic N) is 2. The first-order valence-electron chi connectivity index (χ1n) is 9.03. The van der Waals surface area contributed by atoms with Crippen LogP contribution in [0, 0.1) is 5.82 Å². The molecule has 3 atom stereocenters. The van der Waals surface area contributed by atoms with Gasteiger partial charge in [-0.15, -0.1) is 0 Å². The molecule has 1 aliphatic carbocycles. The number of aliphatic hydroxyl groups is 1. The molecule has 5 nitrogen and oxygen atoms in total. The number of aromatic amines is 1. The summed E-state index contributed by atoms with van der Waals surface area (Å²) in [7, 11) is 1.73. The Hall–Kier alpha value is -1.92. The van der Waals surface area contributed by atoms with E-state index in [4.69, 9.17) is 0 Å². The van der Waals surface area contributed by atoms with E-state index in [0.29, 0.717) is 16.6 Å². The maximum absolute atomic E-state index is 13.8. The summed E-state index contributed by atoms with van der Waals surface area (Å²) in [6.07, 6.45) is 3.53. The standard InChI is InChI=1S/C19H24FN3O2/c1-22(15-7-8-16(18(15)24)23-9-2-3-10-23)19(25)14-11-12-5-4-6-13(20)17(12)21-14/h4-6,11,15-16,18,21,24H,2-3,7-10H2,1H3/t15-,16-,18-/m1/s1. The van der Waals surface area contributed by atoms with E-state index in [0.717, 1.165) is 25.9 Å². The highest BCUT2D eigenvalue weighted by atomic mass is 19.1. The molecule has 1 saturated heterocycles. The summed E-state index contributed by atoms with van der Waals surface area (Å²) in [5.74, 6) is -0.573. The molecule has 1 aliphatic heterocycles. The van der Waals surface area contributed by atoms with Gasteiger partial charge in [0.2, 0.25) is 0 Å². The van der Waals surface area contributed by atoms with E-state index < -0.39 is 6.10 Å². The van der Waals surface area contributed by atoms with E-state index >= 15 is 0 Å². The van der Waals surface area contributed by atoms with E-state index in [2.05, 4.69) is 9.88 Å². The Morgan fingerprint density at radius 3 is 2.80 bits per heavy atom. The Labute approximate surface area is 146 Å². The van der Waals surface area contributed by atoms with Gasteiger partial charge in [0.1, 0.15) is 11.5 Å². The van der Waals surface area contributed by atoms with E-state index in [1.807, 2.05) is 0 Å². The lowest BCUT2D eigenvalue weighted by molar-refractivity contribution is 0.0294. The predicted octanol–water partition coefficient (Wildman–Crippen LogP) is 2.37. The number of aromatic nitrogens is 1. The van der Waals surface area contributed by atoms with Crippen molar-refractivity contribution in [1.82, 2.24) is 14.8 Å². The van der Waals surface area contributed by atoms with Crippen LogP contribution in [0.3, 0.4) is 0 Å². The van der Waals surface area contributed by atoms with Gasteiger partial charge in [-0.1, -0.05) is 12.1 Å². The summed E-state index contributed by atoms with van der Waals surface area (Å²) in [6.45, 7) is 2.07. The Bertz CT molecular complexity index is 784. The van der Waals surface area contributed by atoms with Gasteiger partial charge in [0.25, 0.3) is 5.91 Å².